The lowest BCUT2D eigenvalue weighted by atomic mass is 10.5. The fourth-order valence-electron chi connectivity index (χ4n) is 0.768. The van der Waals surface area contributed by atoms with Crippen LogP contribution in [-0.2, 0) is 10.2 Å². The Kier molecular flexibility index (Phi) is 5.62. The summed E-state index contributed by atoms with van der Waals surface area (Å²) in [6, 6.07) is 1.81. The second-order valence-corrected chi connectivity index (χ2v) is 4.24. The van der Waals surface area contributed by atoms with E-state index in [1.807, 2.05) is 13.0 Å². The van der Waals surface area contributed by atoms with E-state index in [1.165, 1.54) is 0 Å². The molecule has 0 spiro atoms. The van der Waals surface area contributed by atoms with Crippen molar-refractivity contribution in [3.63, 3.8) is 0 Å². The first-order valence-corrected chi connectivity index (χ1v) is 5.64. The second-order valence-electron chi connectivity index (χ2n) is 2.48. The van der Waals surface area contributed by atoms with Gasteiger partial charge in [0.2, 0.25) is 0 Å². The van der Waals surface area contributed by atoms with Gasteiger partial charge in [-0.1, -0.05) is 13.8 Å². The summed E-state index contributed by atoms with van der Waals surface area (Å²) in [5.74, 6) is 0. The lowest BCUT2D eigenvalue weighted by Crippen LogP contribution is -2.41. The lowest BCUT2D eigenvalue weighted by molar-refractivity contribution is 0.451. The third kappa shape index (κ3) is 4.22. The topological polar surface area (TPSA) is 73.2 Å². The second kappa shape index (κ2) is 5.91. The number of hydrogen-bond acceptors (Lipinski definition) is 3. The summed E-state index contributed by atoms with van der Waals surface area (Å²) < 4.78 is 26.2. The Labute approximate surface area is 79.5 Å². The van der Waals surface area contributed by atoms with Gasteiger partial charge in [0.15, 0.2) is 0 Å². The molecule has 0 aliphatic carbocycles. The van der Waals surface area contributed by atoms with Crippen molar-refractivity contribution in [1.29, 1.82) is 5.26 Å². The van der Waals surface area contributed by atoms with Crippen LogP contribution in [0.3, 0.4) is 0 Å². The molecule has 0 bridgehead atoms. The van der Waals surface area contributed by atoms with Crippen LogP contribution in [0.5, 0.6) is 0 Å². The van der Waals surface area contributed by atoms with Crippen LogP contribution in [0.15, 0.2) is 0 Å². The molecule has 0 saturated heterocycles. The van der Waals surface area contributed by atoms with Crippen LogP contribution >= 0.6 is 0 Å². The third-order valence-corrected chi connectivity index (χ3v) is 3.11. The molecular weight excluding hydrogens is 190 g/mol. The van der Waals surface area contributed by atoms with Crippen LogP contribution in [0.4, 0.5) is 0 Å². The first kappa shape index (κ1) is 12.4. The molecule has 0 aliphatic heterocycles. The molecule has 0 unspecified atom stereocenters. The standard InChI is InChI=1S/C7H15N3O2S/c1-3-6-9-13(11,12)10(4-2)7-5-8/h9H,3-4,6-7H2,1-2H3. The van der Waals surface area contributed by atoms with Gasteiger partial charge in [-0.15, -0.1) is 0 Å². The molecule has 1 N–H and O–H groups in total. The fourth-order valence-corrected chi connectivity index (χ4v) is 1.98. The highest BCUT2D eigenvalue weighted by atomic mass is 32.2. The van der Waals surface area contributed by atoms with E-state index in [4.69, 9.17) is 5.26 Å². The van der Waals surface area contributed by atoms with E-state index in [0.717, 1.165) is 10.7 Å². The Hall–Kier alpha value is -0.640. The molecule has 76 valence electrons. The van der Waals surface area contributed by atoms with Crippen molar-refractivity contribution >= 4 is 10.2 Å². The Balaban J connectivity index is 4.32. The molecule has 13 heavy (non-hydrogen) atoms. The highest BCUT2D eigenvalue weighted by Crippen LogP contribution is 1.95. The molecule has 6 heteroatoms. The molecule has 0 heterocycles. The summed E-state index contributed by atoms with van der Waals surface area (Å²) in [6.07, 6.45) is 0.739. The molecule has 0 rings (SSSR count). The normalized spacial score (nSPS) is 11.5. The molecule has 0 saturated carbocycles. The van der Waals surface area contributed by atoms with E-state index in [1.54, 1.807) is 6.92 Å². The van der Waals surface area contributed by atoms with Gasteiger partial charge in [-0.3, -0.25) is 0 Å². The van der Waals surface area contributed by atoms with Gasteiger partial charge in [0, 0.05) is 13.1 Å². The van der Waals surface area contributed by atoms with Crippen molar-refractivity contribution in [3.8, 4) is 6.07 Å². The van der Waals surface area contributed by atoms with Gasteiger partial charge in [-0.2, -0.15) is 18.0 Å². The zero-order chi connectivity index (χ0) is 10.3. The Bertz CT molecular complexity index is 268. The summed E-state index contributed by atoms with van der Waals surface area (Å²) in [6.45, 7) is 4.19. The van der Waals surface area contributed by atoms with Crippen LogP contribution in [-0.4, -0.2) is 32.4 Å². The molecule has 0 aromatic rings. The number of nitriles is 1. The zero-order valence-electron chi connectivity index (χ0n) is 7.95. The number of nitrogens with one attached hydrogen (secondary N) is 1. The quantitative estimate of drug-likeness (QED) is 0.624. The number of nitrogens with zero attached hydrogens (tertiary/aromatic N) is 2. The molecule has 0 aliphatic rings. The smallest absolute Gasteiger partial charge is 0.202 e. The van der Waals surface area contributed by atoms with Crippen molar-refractivity contribution in [3.05, 3.63) is 0 Å². The van der Waals surface area contributed by atoms with Crippen molar-refractivity contribution in [1.82, 2.24) is 9.03 Å². The van der Waals surface area contributed by atoms with Crippen molar-refractivity contribution in [2.24, 2.45) is 0 Å². The van der Waals surface area contributed by atoms with Gasteiger partial charge in [-0.05, 0) is 6.42 Å². The van der Waals surface area contributed by atoms with Crippen molar-refractivity contribution < 1.29 is 8.42 Å². The number of rotatable bonds is 6. The minimum absolute atomic E-state index is 0.102. The highest BCUT2D eigenvalue weighted by molar-refractivity contribution is 7.87. The van der Waals surface area contributed by atoms with E-state index in [9.17, 15) is 8.42 Å². The van der Waals surface area contributed by atoms with Crippen LogP contribution in [0.1, 0.15) is 20.3 Å². The average molecular weight is 205 g/mol. The summed E-state index contributed by atoms with van der Waals surface area (Å²) in [7, 11) is -3.44. The average Bonchev–Trinajstić information content (AvgIpc) is 2.10. The summed E-state index contributed by atoms with van der Waals surface area (Å²) in [5, 5.41) is 8.37. The van der Waals surface area contributed by atoms with Crippen LogP contribution in [0.2, 0.25) is 0 Å². The highest BCUT2D eigenvalue weighted by Gasteiger charge is 2.18. The molecule has 0 aromatic carbocycles. The van der Waals surface area contributed by atoms with Gasteiger partial charge in [0.05, 0.1) is 6.07 Å². The van der Waals surface area contributed by atoms with Gasteiger partial charge in [0.25, 0.3) is 10.2 Å². The molecule has 0 aromatic heterocycles. The van der Waals surface area contributed by atoms with Gasteiger partial charge >= 0.3 is 0 Å². The summed E-state index contributed by atoms with van der Waals surface area (Å²) >= 11 is 0. The van der Waals surface area contributed by atoms with E-state index in [-0.39, 0.29) is 6.54 Å². The first-order valence-electron chi connectivity index (χ1n) is 4.20. The predicted molar refractivity (Wildman–Crippen MR) is 50.1 cm³/mol. The third-order valence-electron chi connectivity index (χ3n) is 1.47. The van der Waals surface area contributed by atoms with Gasteiger partial charge < -0.3 is 0 Å². The van der Waals surface area contributed by atoms with Gasteiger partial charge in [0.1, 0.15) is 6.54 Å². The summed E-state index contributed by atoms with van der Waals surface area (Å²) in [4.78, 5) is 0. The fraction of sp³-hybridized carbons (Fsp3) is 0.857. The minimum atomic E-state index is -3.44. The zero-order valence-corrected chi connectivity index (χ0v) is 8.76. The summed E-state index contributed by atoms with van der Waals surface area (Å²) in [5.41, 5.74) is 0. The van der Waals surface area contributed by atoms with E-state index < -0.39 is 10.2 Å². The van der Waals surface area contributed by atoms with Crippen molar-refractivity contribution in [2.75, 3.05) is 19.6 Å². The van der Waals surface area contributed by atoms with E-state index >= 15 is 0 Å². The maximum Gasteiger partial charge on any atom is 0.280 e. The van der Waals surface area contributed by atoms with Gasteiger partial charge in [-0.25, -0.2) is 4.72 Å². The largest absolute Gasteiger partial charge is 0.280 e. The van der Waals surface area contributed by atoms with E-state index in [2.05, 4.69) is 4.72 Å². The van der Waals surface area contributed by atoms with E-state index in [0.29, 0.717) is 13.1 Å². The monoisotopic (exact) mass is 205 g/mol. The Morgan fingerprint density at radius 3 is 2.46 bits per heavy atom. The lowest BCUT2D eigenvalue weighted by Gasteiger charge is -2.16. The first-order chi connectivity index (χ1) is 6.08. The predicted octanol–water partition coefficient (Wildman–Crippen LogP) is 0.0763. The molecule has 5 nitrogen and oxygen atoms in total. The van der Waals surface area contributed by atoms with Crippen LogP contribution in [0.25, 0.3) is 0 Å². The molecule has 0 radical (unpaired) electrons. The maximum atomic E-state index is 11.4. The molecule has 0 amide bonds. The van der Waals surface area contributed by atoms with Crippen LogP contribution in [0, 0.1) is 11.3 Å². The maximum absolute atomic E-state index is 11.4. The SMILES string of the molecule is CCCNS(=O)(=O)N(CC)CC#N. The Morgan fingerprint density at radius 2 is 2.08 bits per heavy atom. The van der Waals surface area contributed by atoms with Crippen molar-refractivity contribution in [2.45, 2.75) is 20.3 Å². The number of hydrogen-bond donors (Lipinski definition) is 1. The minimum Gasteiger partial charge on any atom is -0.202 e. The molecule has 0 fully saturated rings. The Morgan fingerprint density at radius 1 is 1.46 bits per heavy atom. The molecular formula is C7H15N3O2S. The molecule has 0 atom stereocenters. The van der Waals surface area contributed by atoms with Crippen LogP contribution < -0.4 is 4.72 Å².